The highest BCUT2D eigenvalue weighted by molar-refractivity contribution is 7.98. The van der Waals surface area contributed by atoms with Gasteiger partial charge in [0.15, 0.2) is 0 Å². The maximum atomic E-state index is 10.3. The normalized spacial score (nSPS) is 12.4. The van der Waals surface area contributed by atoms with Gasteiger partial charge in [0, 0.05) is 11.4 Å². The monoisotopic (exact) mass is 259 g/mol. The van der Waals surface area contributed by atoms with E-state index in [1.54, 1.807) is 11.8 Å². The van der Waals surface area contributed by atoms with Crippen LogP contribution in [0.25, 0.3) is 0 Å². The summed E-state index contributed by atoms with van der Waals surface area (Å²) >= 11 is 1.69. The number of benzene rings is 2. The van der Waals surface area contributed by atoms with Crippen molar-refractivity contribution in [2.24, 2.45) is 5.73 Å². The van der Waals surface area contributed by atoms with Crippen molar-refractivity contribution in [1.29, 1.82) is 0 Å². The van der Waals surface area contributed by atoms with Crippen LogP contribution in [0.5, 0.6) is 0 Å². The topological polar surface area (TPSA) is 46.2 Å². The van der Waals surface area contributed by atoms with Crippen LogP contribution in [-0.2, 0) is 6.54 Å². The molecule has 1 unspecified atom stereocenters. The van der Waals surface area contributed by atoms with Crippen LogP contribution in [0.15, 0.2) is 53.4 Å². The van der Waals surface area contributed by atoms with Crippen LogP contribution < -0.4 is 5.73 Å². The molecule has 3 heteroatoms. The molecule has 0 aliphatic heterocycles. The first-order chi connectivity index (χ1) is 8.74. The Bertz CT molecular complexity index is 510. The van der Waals surface area contributed by atoms with E-state index in [-0.39, 0.29) is 0 Å². The van der Waals surface area contributed by atoms with Gasteiger partial charge in [0.1, 0.15) is 6.10 Å². The van der Waals surface area contributed by atoms with E-state index in [0.29, 0.717) is 6.54 Å². The van der Waals surface area contributed by atoms with E-state index in [2.05, 4.69) is 0 Å². The molecule has 2 nitrogen and oxygen atoms in total. The quantitative estimate of drug-likeness (QED) is 0.830. The molecule has 0 fully saturated rings. The van der Waals surface area contributed by atoms with Gasteiger partial charge in [-0.15, -0.1) is 11.8 Å². The Kier molecular flexibility index (Phi) is 4.42. The minimum Gasteiger partial charge on any atom is -0.384 e. The highest BCUT2D eigenvalue weighted by Gasteiger charge is 2.10. The van der Waals surface area contributed by atoms with Crippen molar-refractivity contribution in [1.82, 2.24) is 0 Å². The van der Waals surface area contributed by atoms with E-state index in [9.17, 15) is 5.11 Å². The molecule has 0 bridgehead atoms. The summed E-state index contributed by atoms with van der Waals surface area (Å²) in [5.41, 5.74) is 8.43. The van der Waals surface area contributed by atoms with E-state index < -0.39 is 6.10 Å². The fraction of sp³-hybridized carbons (Fsp3) is 0.200. The Morgan fingerprint density at radius 2 is 1.83 bits per heavy atom. The predicted molar refractivity (Wildman–Crippen MR) is 76.6 cm³/mol. The molecule has 3 N–H and O–H groups in total. The number of hydrogen-bond acceptors (Lipinski definition) is 3. The van der Waals surface area contributed by atoms with Gasteiger partial charge in [-0.1, -0.05) is 36.4 Å². The molecular weight excluding hydrogens is 242 g/mol. The first-order valence-electron chi connectivity index (χ1n) is 5.85. The largest absolute Gasteiger partial charge is 0.384 e. The van der Waals surface area contributed by atoms with Crippen LogP contribution in [-0.4, -0.2) is 11.4 Å². The zero-order valence-electron chi connectivity index (χ0n) is 10.3. The van der Waals surface area contributed by atoms with Crippen LogP contribution in [0.2, 0.25) is 0 Å². The first-order valence-corrected chi connectivity index (χ1v) is 7.08. The van der Waals surface area contributed by atoms with Crippen LogP contribution in [0, 0.1) is 0 Å². The second-order valence-electron chi connectivity index (χ2n) is 4.12. The van der Waals surface area contributed by atoms with Gasteiger partial charge in [0.2, 0.25) is 0 Å². The summed E-state index contributed by atoms with van der Waals surface area (Å²) in [7, 11) is 0. The van der Waals surface area contributed by atoms with E-state index in [0.717, 1.165) is 16.7 Å². The summed E-state index contributed by atoms with van der Waals surface area (Å²) in [4.78, 5) is 1.20. The van der Waals surface area contributed by atoms with Crippen molar-refractivity contribution in [3.63, 3.8) is 0 Å². The van der Waals surface area contributed by atoms with Gasteiger partial charge in [-0.05, 0) is 35.1 Å². The molecule has 0 spiro atoms. The van der Waals surface area contributed by atoms with Crippen molar-refractivity contribution in [3.05, 3.63) is 65.2 Å². The molecule has 0 aliphatic rings. The van der Waals surface area contributed by atoms with Gasteiger partial charge in [-0.25, -0.2) is 0 Å². The van der Waals surface area contributed by atoms with E-state index in [4.69, 9.17) is 5.73 Å². The van der Waals surface area contributed by atoms with Crippen molar-refractivity contribution in [2.45, 2.75) is 17.5 Å². The van der Waals surface area contributed by atoms with Crippen molar-refractivity contribution < 1.29 is 5.11 Å². The highest BCUT2D eigenvalue weighted by Crippen LogP contribution is 2.24. The third-order valence-electron chi connectivity index (χ3n) is 2.93. The molecule has 0 saturated heterocycles. The minimum atomic E-state index is -0.590. The average molecular weight is 259 g/mol. The number of aliphatic hydroxyl groups excluding tert-OH is 1. The molecule has 2 aromatic rings. The van der Waals surface area contributed by atoms with Crippen LogP contribution in [0.3, 0.4) is 0 Å². The lowest BCUT2D eigenvalue weighted by Gasteiger charge is -2.13. The fourth-order valence-electron chi connectivity index (χ4n) is 1.87. The SMILES string of the molecule is CSc1ccc(C(O)c2cccc(CN)c2)cc1. The van der Waals surface area contributed by atoms with Crippen molar-refractivity contribution in [2.75, 3.05) is 6.26 Å². The maximum Gasteiger partial charge on any atom is 0.104 e. The second kappa shape index (κ2) is 6.05. The molecular formula is C15H17NOS. The molecule has 0 aliphatic carbocycles. The summed E-state index contributed by atoms with van der Waals surface area (Å²) in [5, 5.41) is 10.3. The Balaban J connectivity index is 2.25. The molecule has 0 aromatic heterocycles. The number of hydrogen-bond donors (Lipinski definition) is 2. The third kappa shape index (κ3) is 2.93. The molecule has 0 amide bonds. The van der Waals surface area contributed by atoms with Gasteiger partial charge in [-0.2, -0.15) is 0 Å². The molecule has 1 atom stereocenters. The molecule has 2 aromatic carbocycles. The summed E-state index contributed by atoms with van der Waals surface area (Å²) in [5.74, 6) is 0. The maximum absolute atomic E-state index is 10.3. The fourth-order valence-corrected chi connectivity index (χ4v) is 2.28. The van der Waals surface area contributed by atoms with E-state index in [1.807, 2.05) is 54.8 Å². The summed E-state index contributed by atoms with van der Waals surface area (Å²) in [6.07, 6.45) is 1.45. The predicted octanol–water partition coefficient (Wildman–Crippen LogP) is 2.95. The van der Waals surface area contributed by atoms with Crippen LogP contribution >= 0.6 is 11.8 Å². The number of nitrogens with two attached hydrogens (primary N) is 1. The number of aliphatic hydroxyl groups is 1. The molecule has 18 heavy (non-hydrogen) atoms. The third-order valence-corrected chi connectivity index (χ3v) is 3.68. The zero-order valence-corrected chi connectivity index (χ0v) is 11.2. The summed E-state index contributed by atoms with van der Waals surface area (Å²) < 4.78 is 0. The van der Waals surface area contributed by atoms with Gasteiger partial charge in [0.05, 0.1) is 0 Å². The Hall–Kier alpha value is -1.29. The van der Waals surface area contributed by atoms with Gasteiger partial charge >= 0.3 is 0 Å². The standard InChI is InChI=1S/C15H17NOS/c1-18-14-7-5-12(6-8-14)15(17)13-4-2-3-11(9-13)10-16/h2-9,15,17H,10,16H2,1H3. The molecule has 0 radical (unpaired) electrons. The van der Waals surface area contributed by atoms with E-state index >= 15 is 0 Å². The molecule has 94 valence electrons. The lowest BCUT2D eigenvalue weighted by Crippen LogP contribution is -2.02. The number of rotatable bonds is 4. The summed E-state index contributed by atoms with van der Waals surface area (Å²) in [6, 6.07) is 15.7. The Morgan fingerprint density at radius 1 is 1.11 bits per heavy atom. The minimum absolute atomic E-state index is 0.492. The van der Waals surface area contributed by atoms with Gasteiger partial charge < -0.3 is 10.8 Å². The second-order valence-corrected chi connectivity index (χ2v) is 5.00. The number of thioether (sulfide) groups is 1. The average Bonchev–Trinajstić information content (AvgIpc) is 2.46. The Morgan fingerprint density at radius 3 is 2.44 bits per heavy atom. The zero-order chi connectivity index (χ0) is 13.0. The van der Waals surface area contributed by atoms with Gasteiger partial charge in [-0.3, -0.25) is 0 Å². The molecule has 0 heterocycles. The lowest BCUT2D eigenvalue weighted by molar-refractivity contribution is 0.220. The highest BCUT2D eigenvalue weighted by atomic mass is 32.2. The first kappa shape index (κ1) is 13.1. The van der Waals surface area contributed by atoms with Gasteiger partial charge in [0.25, 0.3) is 0 Å². The summed E-state index contributed by atoms with van der Waals surface area (Å²) in [6.45, 7) is 0.492. The van der Waals surface area contributed by atoms with Crippen LogP contribution in [0.1, 0.15) is 22.8 Å². The Labute approximate surface area is 112 Å². The lowest BCUT2D eigenvalue weighted by atomic mass is 10.00. The molecule has 0 saturated carbocycles. The van der Waals surface area contributed by atoms with Crippen LogP contribution in [0.4, 0.5) is 0 Å². The smallest absolute Gasteiger partial charge is 0.104 e. The van der Waals surface area contributed by atoms with Crippen molar-refractivity contribution in [3.8, 4) is 0 Å². The molecule has 2 rings (SSSR count). The van der Waals surface area contributed by atoms with Crippen molar-refractivity contribution >= 4 is 11.8 Å². The van der Waals surface area contributed by atoms with E-state index in [1.165, 1.54) is 4.90 Å².